The molecule has 8 heteroatoms. The molecule has 8 nitrogen and oxygen atoms in total. The van der Waals surface area contributed by atoms with E-state index in [1.54, 1.807) is 6.07 Å². The molecule has 0 fully saturated rings. The van der Waals surface area contributed by atoms with Crippen molar-refractivity contribution in [2.24, 2.45) is 0 Å². The summed E-state index contributed by atoms with van der Waals surface area (Å²) in [5.41, 5.74) is -0.615. The SMILES string of the molecule is CN(CC#N)C(=O)c1cc([N+](=O)[O-])c2cccnc2c1O. The Balaban J connectivity index is 2.71. The molecule has 1 amide bonds. The second-order valence-corrected chi connectivity index (χ2v) is 4.27. The second-order valence-electron chi connectivity index (χ2n) is 4.27. The van der Waals surface area contributed by atoms with E-state index < -0.39 is 16.6 Å². The average molecular weight is 286 g/mol. The highest BCUT2D eigenvalue weighted by molar-refractivity contribution is 6.05. The Hall–Kier alpha value is -3.21. The molecule has 2 rings (SSSR count). The van der Waals surface area contributed by atoms with Gasteiger partial charge in [0.25, 0.3) is 11.6 Å². The smallest absolute Gasteiger partial charge is 0.279 e. The topological polar surface area (TPSA) is 120 Å². The number of hydrogen-bond donors (Lipinski definition) is 1. The third-order valence-corrected chi connectivity index (χ3v) is 2.93. The number of phenols is 1. The van der Waals surface area contributed by atoms with Crippen molar-refractivity contribution < 1.29 is 14.8 Å². The van der Waals surface area contributed by atoms with Gasteiger partial charge in [-0.1, -0.05) is 0 Å². The zero-order valence-corrected chi connectivity index (χ0v) is 11.0. The van der Waals surface area contributed by atoms with Gasteiger partial charge in [0.2, 0.25) is 0 Å². The minimum absolute atomic E-state index is 0.0274. The molecule has 106 valence electrons. The van der Waals surface area contributed by atoms with Gasteiger partial charge in [0, 0.05) is 19.3 Å². The molecule has 21 heavy (non-hydrogen) atoms. The predicted octanol–water partition coefficient (Wildman–Crippen LogP) is 1.44. The number of nitro benzene ring substituents is 1. The molecule has 1 aromatic heterocycles. The maximum absolute atomic E-state index is 12.1. The number of aromatic hydroxyl groups is 1. The van der Waals surface area contributed by atoms with Crippen molar-refractivity contribution in [1.82, 2.24) is 9.88 Å². The van der Waals surface area contributed by atoms with Crippen molar-refractivity contribution in [3.05, 3.63) is 40.1 Å². The third kappa shape index (κ3) is 2.44. The van der Waals surface area contributed by atoms with Crippen LogP contribution in [0.3, 0.4) is 0 Å². The van der Waals surface area contributed by atoms with E-state index in [4.69, 9.17) is 5.26 Å². The van der Waals surface area contributed by atoms with E-state index in [1.165, 1.54) is 25.4 Å². The van der Waals surface area contributed by atoms with Crippen LogP contribution in [-0.4, -0.2) is 39.4 Å². The van der Waals surface area contributed by atoms with Crippen molar-refractivity contribution in [3.8, 4) is 11.8 Å². The fraction of sp³-hybridized carbons (Fsp3) is 0.154. The van der Waals surface area contributed by atoms with Crippen molar-refractivity contribution >= 4 is 22.5 Å². The van der Waals surface area contributed by atoms with Crippen molar-refractivity contribution in [3.63, 3.8) is 0 Å². The number of hydrogen-bond acceptors (Lipinski definition) is 6. The number of benzene rings is 1. The number of carbonyl (C=O) groups excluding carboxylic acids is 1. The number of rotatable bonds is 3. The van der Waals surface area contributed by atoms with E-state index >= 15 is 0 Å². The Morgan fingerprint density at radius 3 is 2.95 bits per heavy atom. The van der Waals surface area contributed by atoms with Crippen molar-refractivity contribution in [2.45, 2.75) is 0 Å². The maximum atomic E-state index is 12.1. The Kier molecular flexibility index (Phi) is 3.67. The van der Waals surface area contributed by atoms with Crippen LogP contribution in [0.1, 0.15) is 10.4 Å². The number of amides is 1. The summed E-state index contributed by atoms with van der Waals surface area (Å²) in [6.45, 7) is -0.202. The van der Waals surface area contributed by atoms with Crippen LogP contribution in [0.15, 0.2) is 24.4 Å². The molecule has 0 atom stereocenters. The minimum Gasteiger partial charge on any atom is -0.505 e. The van der Waals surface area contributed by atoms with E-state index in [1.807, 2.05) is 0 Å². The van der Waals surface area contributed by atoms with Crippen LogP contribution in [0.2, 0.25) is 0 Å². The van der Waals surface area contributed by atoms with Gasteiger partial charge in [-0.3, -0.25) is 19.9 Å². The Morgan fingerprint density at radius 1 is 1.62 bits per heavy atom. The first-order valence-corrected chi connectivity index (χ1v) is 5.85. The number of aromatic nitrogens is 1. The normalized spacial score (nSPS) is 10.1. The fourth-order valence-electron chi connectivity index (χ4n) is 1.91. The molecule has 1 heterocycles. The van der Waals surface area contributed by atoms with Crippen LogP contribution >= 0.6 is 0 Å². The van der Waals surface area contributed by atoms with E-state index in [2.05, 4.69) is 4.98 Å². The van der Waals surface area contributed by atoms with Crippen LogP contribution in [0, 0.1) is 21.4 Å². The lowest BCUT2D eigenvalue weighted by Crippen LogP contribution is -2.27. The largest absolute Gasteiger partial charge is 0.505 e. The summed E-state index contributed by atoms with van der Waals surface area (Å²) in [6, 6.07) is 5.72. The lowest BCUT2D eigenvalue weighted by molar-refractivity contribution is -0.383. The number of fused-ring (bicyclic) bond motifs is 1. The van der Waals surface area contributed by atoms with E-state index in [0.29, 0.717) is 0 Å². The molecule has 0 bridgehead atoms. The van der Waals surface area contributed by atoms with Crippen molar-refractivity contribution in [1.29, 1.82) is 5.26 Å². The van der Waals surface area contributed by atoms with Crippen molar-refractivity contribution in [2.75, 3.05) is 13.6 Å². The summed E-state index contributed by atoms with van der Waals surface area (Å²) in [6.07, 6.45) is 1.36. The number of pyridine rings is 1. The molecule has 1 aromatic carbocycles. The molecular weight excluding hydrogens is 276 g/mol. The Labute approximate surface area is 119 Å². The predicted molar refractivity (Wildman–Crippen MR) is 72.6 cm³/mol. The monoisotopic (exact) mass is 286 g/mol. The maximum Gasteiger partial charge on any atom is 0.279 e. The third-order valence-electron chi connectivity index (χ3n) is 2.93. The quantitative estimate of drug-likeness (QED) is 0.517. The highest BCUT2D eigenvalue weighted by atomic mass is 16.6. The number of nitrogens with zero attached hydrogens (tertiary/aromatic N) is 4. The zero-order valence-electron chi connectivity index (χ0n) is 11.0. The number of carbonyl (C=O) groups is 1. The first-order valence-electron chi connectivity index (χ1n) is 5.85. The van der Waals surface area contributed by atoms with Gasteiger partial charge in [-0.05, 0) is 12.1 Å². The summed E-state index contributed by atoms with van der Waals surface area (Å²) in [4.78, 5) is 27.5. The standard InChI is InChI=1S/C13H10N4O4/c1-16(6-4-14)13(19)9-7-10(17(20)21)8-3-2-5-15-11(8)12(9)18/h2-3,5,7,18H,6H2,1H3. The molecule has 0 radical (unpaired) electrons. The highest BCUT2D eigenvalue weighted by Crippen LogP contribution is 2.34. The first kappa shape index (κ1) is 14.2. The lowest BCUT2D eigenvalue weighted by atomic mass is 10.1. The molecular formula is C13H10N4O4. The molecule has 0 spiro atoms. The van der Waals surface area contributed by atoms with Gasteiger partial charge in [-0.25, -0.2) is 0 Å². The first-order chi connectivity index (χ1) is 9.97. The number of nitro groups is 1. The van der Waals surface area contributed by atoms with E-state index in [-0.39, 0.29) is 28.7 Å². The summed E-state index contributed by atoms with van der Waals surface area (Å²) in [5.74, 6) is -1.13. The van der Waals surface area contributed by atoms with Gasteiger partial charge < -0.3 is 10.0 Å². The molecule has 0 aliphatic rings. The van der Waals surface area contributed by atoms with E-state index in [0.717, 1.165) is 11.0 Å². The van der Waals surface area contributed by atoms with E-state index in [9.17, 15) is 20.0 Å². The van der Waals surface area contributed by atoms with Crippen LogP contribution in [0.25, 0.3) is 10.9 Å². The Bertz CT molecular complexity index is 782. The molecule has 2 aromatic rings. The number of nitriles is 1. The minimum atomic E-state index is -0.690. The zero-order chi connectivity index (χ0) is 15.6. The van der Waals surface area contributed by atoms with Gasteiger partial charge >= 0.3 is 0 Å². The fourth-order valence-corrected chi connectivity index (χ4v) is 1.91. The second kappa shape index (κ2) is 5.42. The molecule has 0 aliphatic carbocycles. The summed E-state index contributed by atoms with van der Waals surface area (Å²) in [7, 11) is 1.36. The number of phenolic OH excluding ortho intramolecular Hbond substituents is 1. The summed E-state index contributed by atoms with van der Waals surface area (Å²) in [5, 5.41) is 30.0. The van der Waals surface area contributed by atoms with Crippen LogP contribution in [0.5, 0.6) is 5.75 Å². The average Bonchev–Trinajstić information content (AvgIpc) is 2.47. The highest BCUT2D eigenvalue weighted by Gasteiger charge is 2.24. The summed E-state index contributed by atoms with van der Waals surface area (Å²) >= 11 is 0. The molecule has 0 saturated heterocycles. The molecule has 0 saturated carbocycles. The van der Waals surface area contributed by atoms with Gasteiger partial charge in [-0.2, -0.15) is 5.26 Å². The van der Waals surface area contributed by atoms with Crippen LogP contribution in [-0.2, 0) is 0 Å². The van der Waals surface area contributed by atoms with Gasteiger partial charge in [0.1, 0.15) is 12.1 Å². The molecule has 1 N–H and O–H groups in total. The van der Waals surface area contributed by atoms with Gasteiger partial charge in [0.15, 0.2) is 5.75 Å². The number of non-ortho nitro benzene ring substituents is 1. The van der Waals surface area contributed by atoms with Gasteiger partial charge in [-0.15, -0.1) is 0 Å². The molecule has 0 unspecified atom stereocenters. The summed E-state index contributed by atoms with van der Waals surface area (Å²) < 4.78 is 0. The van der Waals surface area contributed by atoms with Crippen LogP contribution < -0.4 is 0 Å². The lowest BCUT2D eigenvalue weighted by Gasteiger charge is -2.14. The van der Waals surface area contributed by atoms with Crippen LogP contribution in [0.4, 0.5) is 5.69 Å². The molecule has 0 aliphatic heterocycles. The Morgan fingerprint density at radius 2 is 2.33 bits per heavy atom. The van der Waals surface area contributed by atoms with Gasteiger partial charge in [0.05, 0.1) is 21.9 Å².